The number of rotatable bonds is 5. The molecule has 1 amide bonds. The fourth-order valence-corrected chi connectivity index (χ4v) is 3.37. The van der Waals surface area contributed by atoms with E-state index in [1.807, 2.05) is 12.1 Å². The van der Waals surface area contributed by atoms with Gasteiger partial charge in [-0.3, -0.25) is 4.79 Å². The number of benzene rings is 2. The van der Waals surface area contributed by atoms with Gasteiger partial charge in [-0.15, -0.1) is 0 Å². The maximum absolute atomic E-state index is 12.4. The molecule has 7 heteroatoms. The molecule has 1 aliphatic carbocycles. The van der Waals surface area contributed by atoms with E-state index in [1.165, 1.54) is 0 Å². The van der Waals surface area contributed by atoms with Crippen LogP contribution in [-0.2, 0) is 17.6 Å². The summed E-state index contributed by atoms with van der Waals surface area (Å²) in [4.78, 5) is 23.1. The van der Waals surface area contributed by atoms with Crippen molar-refractivity contribution in [3.05, 3.63) is 63.1 Å². The summed E-state index contributed by atoms with van der Waals surface area (Å²) in [6.45, 7) is -0.367. The van der Waals surface area contributed by atoms with Crippen molar-refractivity contribution < 1.29 is 19.4 Å². The smallest absolute Gasteiger partial charge is 0.341 e. The SMILES string of the molecule is O=C(O)COc1cccc2c1CCC(NC(=O)c1ccc(Cl)c(Cl)c1)C2. The Labute approximate surface area is 160 Å². The van der Waals surface area contributed by atoms with E-state index in [0.717, 1.165) is 17.5 Å². The normalized spacial score (nSPS) is 15.8. The molecule has 1 atom stereocenters. The van der Waals surface area contributed by atoms with Gasteiger partial charge in [0, 0.05) is 11.6 Å². The Morgan fingerprint density at radius 2 is 2.00 bits per heavy atom. The summed E-state index contributed by atoms with van der Waals surface area (Å²) in [5.41, 5.74) is 2.52. The monoisotopic (exact) mass is 393 g/mol. The maximum atomic E-state index is 12.4. The maximum Gasteiger partial charge on any atom is 0.341 e. The Hall–Kier alpha value is -2.24. The van der Waals surface area contributed by atoms with Crippen molar-refractivity contribution >= 4 is 35.1 Å². The third-order valence-electron chi connectivity index (χ3n) is 4.31. The molecular formula is C19H17Cl2NO4. The number of halogens is 2. The van der Waals surface area contributed by atoms with E-state index in [-0.39, 0.29) is 18.6 Å². The van der Waals surface area contributed by atoms with Crippen molar-refractivity contribution in [3.8, 4) is 5.75 Å². The molecule has 136 valence electrons. The highest BCUT2D eigenvalue weighted by atomic mass is 35.5. The quantitative estimate of drug-likeness (QED) is 0.810. The molecule has 3 rings (SSSR count). The highest BCUT2D eigenvalue weighted by Gasteiger charge is 2.23. The lowest BCUT2D eigenvalue weighted by molar-refractivity contribution is -0.139. The lowest BCUT2D eigenvalue weighted by Crippen LogP contribution is -2.39. The number of amides is 1. The molecule has 2 N–H and O–H groups in total. The number of ether oxygens (including phenoxy) is 1. The van der Waals surface area contributed by atoms with Gasteiger partial charge in [0.05, 0.1) is 10.0 Å². The van der Waals surface area contributed by atoms with Gasteiger partial charge in [-0.2, -0.15) is 0 Å². The predicted molar refractivity (Wildman–Crippen MR) is 99.3 cm³/mol. The van der Waals surface area contributed by atoms with E-state index in [1.54, 1.807) is 24.3 Å². The molecule has 1 aliphatic rings. The van der Waals surface area contributed by atoms with Crippen molar-refractivity contribution in [2.75, 3.05) is 6.61 Å². The van der Waals surface area contributed by atoms with Gasteiger partial charge in [0.15, 0.2) is 6.61 Å². The molecule has 0 bridgehead atoms. The van der Waals surface area contributed by atoms with Gasteiger partial charge < -0.3 is 15.2 Å². The van der Waals surface area contributed by atoms with Crippen LogP contribution in [-0.4, -0.2) is 29.6 Å². The van der Waals surface area contributed by atoms with Crippen LogP contribution in [0.15, 0.2) is 36.4 Å². The lowest BCUT2D eigenvalue weighted by Gasteiger charge is -2.27. The first-order valence-corrected chi connectivity index (χ1v) is 8.91. The fraction of sp³-hybridized carbons (Fsp3) is 0.263. The second kappa shape index (κ2) is 7.98. The largest absolute Gasteiger partial charge is 0.482 e. The Morgan fingerprint density at radius 3 is 2.73 bits per heavy atom. The molecule has 26 heavy (non-hydrogen) atoms. The predicted octanol–water partition coefficient (Wildman–Crippen LogP) is 3.74. The number of carbonyl (C=O) groups excluding carboxylic acids is 1. The summed E-state index contributed by atoms with van der Waals surface area (Å²) in [7, 11) is 0. The number of hydrogen-bond donors (Lipinski definition) is 2. The third kappa shape index (κ3) is 4.29. The topological polar surface area (TPSA) is 75.6 Å². The fourth-order valence-electron chi connectivity index (χ4n) is 3.08. The summed E-state index contributed by atoms with van der Waals surface area (Å²) in [5, 5.41) is 12.5. The molecule has 5 nitrogen and oxygen atoms in total. The van der Waals surface area contributed by atoms with Gasteiger partial charge in [-0.05, 0) is 54.7 Å². The first-order chi connectivity index (χ1) is 12.4. The molecule has 0 radical (unpaired) electrons. The van der Waals surface area contributed by atoms with Crippen LogP contribution >= 0.6 is 23.2 Å². The average molecular weight is 394 g/mol. The van der Waals surface area contributed by atoms with Crippen molar-refractivity contribution in [1.29, 1.82) is 0 Å². The summed E-state index contributed by atoms with van der Waals surface area (Å²) in [6.07, 6.45) is 2.11. The molecule has 0 saturated heterocycles. The molecule has 2 aromatic rings. The van der Waals surface area contributed by atoms with E-state index in [4.69, 9.17) is 33.0 Å². The van der Waals surface area contributed by atoms with Crippen LogP contribution in [0.1, 0.15) is 27.9 Å². The summed E-state index contributed by atoms with van der Waals surface area (Å²) in [6, 6.07) is 10.3. The zero-order valence-electron chi connectivity index (χ0n) is 13.8. The summed E-state index contributed by atoms with van der Waals surface area (Å²) in [5.74, 6) is -0.611. The number of nitrogens with one attached hydrogen (secondary N) is 1. The van der Waals surface area contributed by atoms with Crippen LogP contribution < -0.4 is 10.1 Å². The van der Waals surface area contributed by atoms with Gasteiger partial charge in [0.25, 0.3) is 5.91 Å². The van der Waals surface area contributed by atoms with E-state index >= 15 is 0 Å². The van der Waals surface area contributed by atoms with Crippen LogP contribution in [0.4, 0.5) is 0 Å². The van der Waals surface area contributed by atoms with Gasteiger partial charge in [-0.25, -0.2) is 4.79 Å². The molecule has 0 fully saturated rings. The highest BCUT2D eigenvalue weighted by Crippen LogP contribution is 2.30. The number of carbonyl (C=O) groups is 2. The highest BCUT2D eigenvalue weighted by molar-refractivity contribution is 6.42. The van der Waals surface area contributed by atoms with Gasteiger partial charge >= 0.3 is 5.97 Å². The van der Waals surface area contributed by atoms with E-state index in [0.29, 0.717) is 34.2 Å². The Kier molecular flexibility index (Phi) is 5.69. The molecule has 0 spiro atoms. The van der Waals surface area contributed by atoms with E-state index in [9.17, 15) is 9.59 Å². The second-order valence-corrected chi connectivity index (χ2v) is 6.93. The van der Waals surface area contributed by atoms with Crippen LogP contribution in [0.3, 0.4) is 0 Å². The minimum Gasteiger partial charge on any atom is -0.482 e. The molecular weight excluding hydrogens is 377 g/mol. The molecule has 0 aliphatic heterocycles. The van der Waals surface area contributed by atoms with Crippen LogP contribution in [0, 0.1) is 0 Å². The van der Waals surface area contributed by atoms with Crippen molar-refractivity contribution in [2.45, 2.75) is 25.3 Å². The summed E-state index contributed by atoms with van der Waals surface area (Å²) >= 11 is 11.9. The standard InChI is InChI=1S/C19H17Cl2NO4/c20-15-7-4-12(9-16(15)21)19(25)22-13-5-6-14-11(8-13)2-1-3-17(14)26-10-18(23)24/h1-4,7,9,13H,5-6,8,10H2,(H,22,25)(H,23,24). The van der Waals surface area contributed by atoms with Crippen molar-refractivity contribution in [1.82, 2.24) is 5.32 Å². The Bertz CT molecular complexity index is 853. The average Bonchev–Trinajstić information content (AvgIpc) is 2.61. The number of fused-ring (bicyclic) bond motifs is 1. The Morgan fingerprint density at radius 1 is 1.19 bits per heavy atom. The van der Waals surface area contributed by atoms with Crippen LogP contribution in [0.25, 0.3) is 0 Å². The van der Waals surface area contributed by atoms with Crippen LogP contribution in [0.2, 0.25) is 10.0 Å². The van der Waals surface area contributed by atoms with Crippen LogP contribution in [0.5, 0.6) is 5.75 Å². The van der Waals surface area contributed by atoms with Crippen molar-refractivity contribution in [2.24, 2.45) is 0 Å². The molecule has 2 aromatic carbocycles. The van der Waals surface area contributed by atoms with E-state index in [2.05, 4.69) is 5.32 Å². The number of carboxylic acid groups (broad SMARTS) is 1. The zero-order chi connectivity index (χ0) is 18.7. The first-order valence-electron chi connectivity index (χ1n) is 8.15. The van der Waals surface area contributed by atoms with E-state index < -0.39 is 5.97 Å². The third-order valence-corrected chi connectivity index (χ3v) is 5.05. The molecule has 0 heterocycles. The van der Waals surface area contributed by atoms with Crippen molar-refractivity contribution in [3.63, 3.8) is 0 Å². The lowest BCUT2D eigenvalue weighted by atomic mass is 9.87. The molecule has 0 aromatic heterocycles. The van der Waals surface area contributed by atoms with Gasteiger partial charge in [0.1, 0.15) is 5.75 Å². The second-order valence-electron chi connectivity index (χ2n) is 6.12. The Balaban J connectivity index is 1.68. The number of hydrogen-bond acceptors (Lipinski definition) is 3. The molecule has 0 saturated carbocycles. The minimum absolute atomic E-state index is 0.0147. The number of aliphatic carboxylic acids is 1. The minimum atomic E-state index is -1.01. The molecule has 1 unspecified atom stereocenters. The summed E-state index contributed by atoms with van der Waals surface area (Å²) < 4.78 is 5.36. The zero-order valence-corrected chi connectivity index (χ0v) is 15.3. The van der Waals surface area contributed by atoms with Gasteiger partial charge in [0.2, 0.25) is 0 Å². The van der Waals surface area contributed by atoms with Gasteiger partial charge in [-0.1, -0.05) is 35.3 Å². The number of carboxylic acids is 1. The first kappa shape index (κ1) is 18.5.